The van der Waals surface area contributed by atoms with Crippen molar-refractivity contribution in [3.05, 3.63) is 29.3 Å². The van der Waals surface area contributed by atoms with Gasteiger partial charge < -0.3 is 0 Å². The summed E-state index contributed by atoms with van der Waals surface area (Å²) in [5, 5.41) is 0.658. The molecule has 0 unspecified atom stereocenters. The van der Waals surface area contributed by atoms with Gasteiger partial charge >= 0.3 is 85.8 Å². The monoisotopic (exact) mass is 290 g/mol. The molecule has 0 aliphatic heterocycles. The molecule has 1 aromatic carbocycles. The van der Waals surface area contributed by atoms with Crippen molar-refractivity contribution in [1.29, 1.82) is 0 Å². The van der Waals surface area contributed by atoms with Crippen LogP contribution in [0.4, 0.5) is 0 Å². The first-order valence-electron chi connectivity index (χ1n) is 2.83. The number of hydrogen-bond donors (Lipinski definition) is 0. The molecule has 0 saturated carbocycles. The summed E-state index contributed by atoms with van der Waals surface area (Å²) in [6, 6.07) is 6.97. The van der Waals surface area contributed by atoms with Crippen molar-refractivity contribution >= 4 is 56.5 Å². The third-order valence-corrected chi connectivity index (χ3v) is 6.90. The Morgan fingerprint density at radius 1 is 0.909 bits per heavy atom. The molecule has 60 valence electrons. The summed E-state index contributed by atoms with van der Waals surface area (Å²) in [6.45, 7) is 0. The number of hydrogen-bond acceptors (Lipinski definition) is 0. The molecule has 0 N–H and O–H groups in total. The fourth-order valence-corrected chi connectivity index (χ4v) is 3.87. The van der Waals surface area contributed by atoms with E-state index in [1.54, 1.807) is 24.3 Å². The molecule has 1 aromatic rings. The molecule has 11 heavy (non-hydrogen) atoms. The van der Waals surface area contributed by atoms with Crippen LogP contribution in [-0.4, -0.2) is 10.5 Å². The SMILES string of the molecule is Clc1cc[c]([Ge]([Cl])([Cl])[Cl])cc1. The van der Waals surface area contributed by atoms with Crippen LogP contribution in [-0.2, 0) is 0 Å². The van der Waals surface area contributed by atoms with Gasteiger partial charge in [-0.2, -0.15) is 0 Å². The van der Waals surface area contributed by atoms with Crippen LogP contribution in [0.15, 0.2) is 24.3 Å². The van der Waals surface area contributed by atoms with E-state index in [0.717, 1.165) is 4.40 Å². The minimum atomic E-state index is -3.17. The Hall–Kier alpha value is 0.923. The van der Waals surface area contributed by atoms with Gasteiger partial charge in [-0.15, -0.1) is 0 Å². The van der Waals surface area contributed by atoms with Gasteiger partial charge in [0.1, 0.15) is 0 Å². The molecule has 0 fully saturated rings. The van der Waals surface area contributed by atoms with Crippen LogP contribution in [0.3, 0.4) is 0 Å². The average molecular weight is 291 g/mol. The van der Waals surface area contributed by atoms with Gasteiger partial charge in [0, 0.05) is 0 Å². The molecule has 0 amide bonds. The van der Waals surface area contributed by atoms with Crippen molar-refractivity contribution in [2.24, 2.45) is 0 Å². The molecular formula is C6H4Cl4Ge. The van der Waals surface area contributed by atoms with Gasteiger partial charge in [0.2, 0.25) is 0 Å². The molecule has 1 rings (SSSR count). The summed E-state index contributed by atoms with van der Waals surface area (Å²) < 4.78 is 0.805. The van der Waals surface area contributed by atoms with E-state index in [9.17, 15) is 0 Å². The van der Waals surface area contributed by atoms with Crippen LogP contribution in [0, 0.1) is 0 Å². The van der Waals surface area contributed by atoms with E-state index in [2.05, 4.69) is 0 Å². The first kappa shape index (κ1) is 10.0. The quantitative estimate of drug-likeness (QED) is 0.697. The van der Waals surface area contributed by atoms with Crippen molar-refractivity contribution in [2.45, 2.75) is 0 Å². The van der Waals surface area contributed by atoms with Gasteiger partial charge in [-0.25, -0.2) is 0 Å². The molecule has 0 radical (unpaired) electrons. The van der Waals surface area contributed by atoms with Gasteiger partial charge in [0.05, 0.1) is 0 Å². The topological polar surface area (TPSA) is 0 Å². The van der Waals surface area contributed by atoms with E-state index < -0.39 is 10.5 Å². The molecule has 0 aliphatic carbocycles. The van der Waals surface area contributed by atoms with Crippen LogP contribution in [0.2, 0.25) is 5.02 Å². The van der Waals surface area contributed by atoms with Crippen LogP contribution in [0.5, 0.6) is 0 Å². The first-order valence-corrected chi connectivity index (χ1v) is 12.5. The summed E-state index contributed by atoms with van der Waals surface area (Å²) in [6.07, 6.45) is 0. The van der Waals surface area contributed by atoms with E-state index in [1.807, 2.05) is 0 Å². The van der Waals surface area contributed by atoms with Gasteiger partial charge in [0.15, 0.2) is 0 Å². The molecule has 0 atom stereocenters. The first-order chi connectivity index (χ1) is 5.00. The van der Waals surface area contributed by atoms with Crippen LogP contribution in [0.25, 0.3) is 0 Å². The number of rotatable bonds is 1. The summed E-state index contributed by atoms with van der Waals surface area (Å²) in [5.41, 5.74) is 0. The second-order valence-electron chi connectivity index (χ2n) is 2.00. The fraction of sp³-hybridized carbons (Fsp3) is 0. The Kier molecular flexibility index (Phi) is 3.42. The van der Waals surface area contributed by atoms with Crippen LogP contribution in [0.1, 0.15) is 0 Å². The van der Waals surface area contributed by atoms with E-state index in [-0.39, 0.29) is 0 Å². The van der Waals surface area contributed by atoms with Crippen molar-refractivity contribution in [3.63, 3.8) is 0 Å². The van der Waals surface area contributed by atoms with E-state index in [0.29, 0.717) is 5.02 Å². The molecule has 0 bridgehead atoms. The molecular weight excluding hydrogens is 286 g/mol. The van der Waals surface area contributed by atoms with E-state index in [1.165, 1.54) is 0 Å². The number of halogens is 4. The van der Waals surface area contributed by atoms with Crippen molar-refractivity contribution in [1.82, 2.24) is 0 Å². The maximum absolute atomic E-state index is 5.79. The van der Waals surface area contributed by atoms with Crippen molar-refractivity contribution in [3.8, 4) is 0 Å². The minimum absolute atomic E-state index is 0.658. The molecule has 0 saturated heterocycles. The van der Waals surface area contributed by atoms with Gasteiger partial charge in [-0.3, -0.25) is 0 Å². The fourth-order valence-electron chi connectivity index (χ4n) is 0.639. The second-order valence-corrected chi connectivity index (χ2v) is 17.6. The number of benzene rings is 1. The zero-order valence-corrected chi connectivity index (χ0v) is 10.4. The molecule has 0 aliphatic rings. The normalized spacial score (nSPS) is 11.6. The summed E-state index contributed by atoms with van der Waals surface area (Å²) in [5.74, 6) is 0. The van der Waals surface area contributed by atoms with Gasteiger partial charge in [-0.05, 0) is 0 Å². The third kappa shape index (κ3) is 3.04. The third-order valence-electron chi connectivity index (χ3n) is 1.17. The van der Waals surface area contributed by atoms with Crippen LogP contribution >= 0.6 is 41.6 Å². The standard InChI is InChI=1S/C6H4Cl4Ge/c7-5-1-3-6(4-2-5)11(8,9)10/h1-4H. The van der Waals surface area contributed by atoms with Gasteiger partial charge in [-0.1, -0.05) is 0 Å². The Labute approximate surface area is 85.3 Å². The maximum atomic E-state index is 5.79. The average Bonchev–Trinajstić information content (AvgIpc) is 1.86. The van der Waals surface area contributed by atoms with Gasteiger partial charge in [0.25, 0.3) is 0 Å². The van der Waals surface area contributed by atoms with E-state index in [4.69, 9.17) is 41.6 Å². The summed E-state index contributed by atoms with van der Waals surface area (Å²) >= 11 is 5.65. The Balaban J connectivity index is 2.99. The molecule has 0 aromatic heterocycles. The summed E-state index contributed by atoms with van der Waals surface area (Å²) in [4.78, 5) is 0. The Morgan fingerprint density at radius 3 is 1.73 bits per heavy atom. The summed E-state index contributed by atoms with van der Waals surface area (Å²) in [7, 11) is 14.2. The van der Waals surface area contributed by atoms with Crippen molar-refractivity contribution in [2.75, 3.05) is 0 Å². The van der Waals surface area contributed by atoms with E-state index >= 15 is 0 Å². The van der Waals surface area contributed by atoms with Crippen LogP contribution < -0.4 is 4.40 Å². The predicted molar refractivity (Wildman–Crippen MR) is 54.4 cm³/mol. The Morgan fingerprint density at radius 2 is 1.36 bits per heavy atom. The van der Waals surface area contributed by atoms with Crippen molar-refractivity contribution < 1.29 is 0 Å². The molecule has 0 heterocycles. The zero-order valence-electron chi connectivity index (χ0n) is 5.32. The Bertz CT molecular complexity index is 238. The second kappa shape index (κ2) is 3.76. The molecule has 5 heteroatoms. The molecule has 0 nitrogen and oxygen atoms in total. The zero-order chi connectivity index (χ0) is 8.48. The molecule has 0 spiro atoms. The predicted octanol–water partition coefficient (Wildman–Crippen LogP) is 3.20.